The number of imide groups is 2. The van der Waals surface area contributed by atoms with Crippen molar-refractivity contribution in [1.82, 2.24) is 36.2 Å². The summed E-state index contributed by atoms with van der Waals surface area (Å²) in [7, 11) is 0. The maximum absolute atomic E-state index is 13.3. The standard InChI is InChI=1S/C50H57N11O8/c51-46-42(28-40(54-55-46)38-6-1-2-7-43(38)62)59-29-34-8-9-35(30-59)60(34)33-4-3-5-36(26-33)69-25-24-56-20-22-58(23-21-56)45(64)14-17-52-47(65)31-15-18-57(19-16-31)32-10-11-37-39(27-32)50(68)61(49(37)67)41-12-13-44(63)53-48(41)66/h1-7,10-11,22,26-28,31,34-35,41H,8-9,12-21,23-25,29-30H2,(H6-,51,52,53,54,55,62,63,65,66,67,68)/p+1. The Bertz CT molecular complexity index is 2660. The second kappa shape index (κ2) is 19.3. The normalized spacial score (nSPS) is 23.0. The summed E-state index contributed by atoms with van der Waals surface area (Å²) in [5.74, 6) is -0.924. The van der Waals surface area contributed by atoms with Gasteiger partial charge >= 0.3 is 5.91 Å². The van der Waals surface area contributed by atoms with Gasteiger partial charge in [-0.3, -0.25) is 49.9 Å². The molecule has 0 radical (unpaired) electrons. The average Bonchev–Trinajstić information content (AvgIpc) is 3.77. The van der Waals surface area contributed by atoms with Gasteiger partial charge in [0, 0.05) is 86.7 Å². The van der Waals surface area contributed by atoms with Crippen molar-refractivity contribution in [1.29, 1.82) is 0 Å². The van der Waals surface area contributed by atoms with Gasteiger partial charge in [-0.1, -0.05) is 18.2 Å². The Kier molecular flexibility index (Phi) is 12.7. The highest BCUT2D eigenvalue weighted by atomic mass is 16.5. The molecule has 19 nitrogen and oxygen atoms in total. The van der Waals surface area contributed by atoms with E-state index in [0.717, 1.165) is 59.3 Å². The largest absolute Gasteiger partial charge is 0.507 e. The number of allylic oxidation sites excluding steroid dienone is 1. The molecule has 0 saturated carbocycles. The predicted molar refractivity (Wildman–Crippen MR) is 255 cm³/mol. The number of ether oxygens (including phenoxy) is 1. The van der Waals surface area contributed by atoms with Gasteiger partial charge in [0.25, 0.3) is 11.8 Å². The van der Waals surface area contributed by atoms with Crippen LogP contribution in [0.5, 0.6) is 11.5 Å². The molecular weight excluding hydrogens is 883 g/mol. The van der Waals surface area contributed by atoms with Gasteiger partial charge in [0.1, 0.15) is 30.0 Å². The van der Waals surface area contributed by atoms with E-state index >= 15 is 0 Å². The first-order valence-corrected chi connectivity index (χ1v) is 24.0. The summed E-state index contributed by atoms with van der Waals surface area (Å²) in [4.78, 5) is 86.9. The molecular formula is C50H58N11O8+. The second-order valence-corrected chi connectivity index (χ2v) is 18.7. The number of nitrogens with two attached hydrogens (primary N) is 1. The number of carbonyl (C=O) groups excluding carboxylic acids is 6. The zero-order valence-corrected chi connectivity index (χ0v) is 38.4. The van der Waals surface area contributed by atoms with Gasteiger partial charge in [0.05, 0.1) is 42.0 Å². The first-order chi connectivity index (χ1) is 33.5. The predicted octanol–water partition coefficient (Wildman–Crippen LogP) is 1.45. The van der Waals surface area contributed by atoms with Crippen LogP contribution in [0.25, 0.3) is 5.70 Å². The van der Waals surface area contributed by atoms with Crippen LogP contribution in [0.15, 0.2) is 84.3 Å². The molecule has 0 aliphatic carbocycles. The summed E-state index contributed by atoms with van der Waals surface area (Å²) in [5.41, 5.74) is 17.4. The van der Waals surface area contributed by atoms with E-state index in [9.17, 15) is 33.9 Å². The first kappa shape index (κ1) is 45.4. The van der Waals surface area contributed by atoms with Crippen LogP contribution in [0.4, 0.5) is 11.4 Å². The third-order valence-corrected chi connectivity index (χ3v) is 14.5. The number of aromatic hydroxyl groups is 1. The van der Waals surface area contributed by atoms with Crippen LogP contribution in [0.3, 0.4) is 0 Å². The van der Waals surface area contributed by atoms with Crippen LogP contribution < -0.4 is 41.8 Å². The summed E-state index contributed by atoms with van der Waals surface area (Å²) in [6.45, 7) is 6.15. The van der Waals surface area contributed by atoms with Crippen molar-refractivity contribution >= 4 is 58.7 Å². The molecule has 3 aromatic carbocycles. The van der Waals surface area contributed by atoms with Gasteiger partial charge in [0.2, 0.25) is 17.7 Å². The number of rotatable bonds is 13. The number of fused-ring (bicyclic) bond motifs is 3. The fourth-order valence-corrected chi connectivity index (χ4v) is 10.8. The number of nitrogens with zero attached hydrogens (tertiary/aromatic N) is 6. The number of hydrazine groups is 1. The molecule has 2 bridgehead atoms. The zero-order valence-electron chi connectivity index (χ0n) is 38.4. The van der Waals surface area contributed by atoms with E-state index in [1.54, 1.807) is 34.9 Å². The van der Waals surface area contributed by atoms with Gasteiger partial charge in [-0.2, -0.15) is 4.58 Å². The van der Waals surface area contributed by atoms with E-state index in [0.29, 0.717) is 82.2 Å². The highest BCUT2D eigenvalue weighted by molar-refractivity contribution is 6.23. The van der Waals surface area contributed by atoms with Crippen molar-refractivity contribution in [3.8, 4) is 11.5 Å². The first-order valence-electron chi connectivity index (χ1n) is 24.0. The lowest BCUT2D eigenvalue weighted by Gasteiger charge is -2.44. The summed E-state index contributed by atoms with van der Waals surface area (Å²) in [6.07, 6.45) is 7.61. The number of para-hydroxylation sites is 1. The van der Waals surface area contributed by atoms with Gasteiger partial charge < -0.3 is 35.6 Å². The Morgan fingerprint density at radius 3 is 2.36 bits per heavy atom. The van der Waals surface area contributed by atoms with Crippen LogP contribution in [0.2, 0.25) is 0 Å². The Morgan fingerprint density at radius 1 is 0.826 bits per heavy atom. The number of carbonyl (C=O) groups is 6. The van der Waals surface area contributed by atoms with Crippen LogP contribution >= 0.6 is 0 Å². The Hall–Kier alpha value is -7.41. The van der Waals surface area contributed by atoms with Crippen molar-refractivity contribution in [2.24, 2.45) is 11.7 Å². The second-order valence-electron chi connectivity index (χ2n) is 18.7. The molecule has 0 aromatic heterocycles. The third-order valence-electron chi connectivity index (χ3n) is 14.5. The van der Waals surface area contributed by atoms with Crippen molar-refractivity contribution < 1.29 is 43.2 Å². The molecule has 0 spiro atoms. The SMILES string of the molecule is NC1=C(N2CC3CCC(C2)N3c2cccc(OCCN3CC=[N+](C(=O)CCNC(=O)C4CCN(c5ccc6c(c5)C(=O)N(C5CCC(=O)NC5=O)C6=O)CC4)CC3)c2)C=C(c2ccccc2O)NN1. The number of phenols is 1. The molecule has 3 aromatic rings. The van der Waals surface area contributed by atoms with E-state index in [1.807, 2.05) is 36.6 Å². The molecule has 7 N–H and O–H groups in total. The summed E-state index contributed by atoms with van der Waals surface area (Å²) >= 11 is 0. The topological polar surface area (TPSA) is 225 Å². The number of piperazine rings is 1. The van der Waals surface area contributed by atoms with E-state index in [1.165, 1.54) is 0 Å². The highest BCUT2D eigenvalue weighted by Crippen LogP contribution is 2.39. The molecule has 69 heavy (non-hydrogen) atoms. The summed E-state index contributed by atoms with van der Waals surface area (Å²) < 4.78 is 8.02. The lowest BCUT2D eigenvalue weighted by molar-refractivity contribution is -0.451. The fraction of sp³-hybridized carbons (Fsp3) is 0.420. The Morgan fingerprint density at radius 2 is 1.61 bits per heavy atom. The number of amides is 6. The molecule has 3 unspecified atom stereocenters. The molecule has 3 atom stereocenters. The van der Waals surface area contributed by atoms with Gasteiger partial charge in [-0.25, -0.2) is 4.79 Å². The average molecular weight is 941 g/mol. The molecule has 7 aliphatic heterocycles. The summed E-state index contributed by atoms with van der Waals surface area (Å²) in [6, 6.07) is 20.2. The Balaban J connectivity index is 0.637. The lowest BCUT2D eigenvalue weighted by Crippen LogP contribution is -2.54. The number of phenolic OH excluding ortho intramolecular Hbond substituents is 1. The number of hydrogen-bond donors (Lipinski definition) is 6. The lowest BCUT2D eigenvalue weighted by atomic mass is 9.95. The molecule has 360 valence electrons. The smallest absolute Gasteiger partial charge is 0.388 e. The van der Waals surface area contributed by atoms with Crippen LogP contribution in [0.1, 0.15) is 71.2 Å². The maximum atomic E-state index is 13.3. The van der Waals surface area contributed by atoms with Crippen molar-refractivity contribution in [3.05, 3.63) is 101 Å². The highest BCUT2D eigenvalue weighted by Gasteiger charge is 2.45. The van der Waals surface area contributed by atoms with Gasteiger partial charge in [-0.05, 0) is 80.6 Å². The van der Waals surface area contributed by atoms with E-state index in [-0.39, 0.29) is 60.4 Å². The minimum absolute atomic E-state index is 0.0326. The number of anilines is 2. The number of likely N-dealkylation sites (tertiary alicyclic amines) is 1. The van der Waals surface area contributed by atoms with Gasteiger partial charge in [-0.15, -0.1) is 0 Å². The number of hydrogen-bond acceptors (Lipinski definition) is 15. The molecule has 10 rings (SSSR count). The van der Waals surface area contributed by atoms with E-state index in [4.69, 9.17) is 10.5 Å². The number of nitrogens with one attached hydrogen (secondary N) is 4. The quantitative estimate of drug-likeness (QED) is 0.105. The van der Waals surface area contributed by atoms with Crippen molar-refractivity contribution in [3.63, 3.8) is 0 Å². The maximum Gasteiger partial charge on any atom is 0.388 e. The molecule has 4 saturated heterocycles. The van der Waals surface area contributed by atoms with Crippen molar-refractivity contribution in [2.45, 2.75) is 63.1 Å². The molecule has 19 heteroatoms. The monoisotopic (exact) mass is 940 g/mol. The molecule has 7 aliphatic rings. The molecule has 7 heterocycles. The zero-order chi connectivity index (χ0) is 47.8. The van der Waals surface area contributed by atoms with Crippen molar-refractivity contribution in [2.75, 3.05) is 75.3 Å². The number of benzene rings is 3. The van der Waals surface area contributed by atoms with E-state index < -0.39 is 29.7 Å². The fourth-order valence-electron chi connectivity index (χ4n) is 10.8. The summed E-state index contributed by atoms with van der Waals surface area (Å²) in [5, 5.41) is 15.6. The number of piperidine rings is 2. The van der Waals surface area contributed by atoms with E-state index in [2.05, 4.69) is 53.2 Å². The minimum atomic E-state index is -1.02. The molecule has 4 fully saturated rings. The Labute approximate surface area is 399 Å². The van der Waals surface area contributed by atoms with Gasteiger partial charge in [0.15, 0.2) is 12.8 Å². The van der Waals surface area contributed by atoms with Crippen LogP contribution in [0, 0.1) is 5.92 Å². The van der Waals surface area contributed by atoms with Crippen LogP contribution in [-0.2, 0) is 19.2 Å². The van der Waals surface area contributed by atoms with Crippen LogP contribution in [-0.4, -0.2) is 150 Å². The minimum Gasteiger partial charge on any atom is -0.507 e. The molecule has 6 amide bonds. The third kappa shape index (κ3) is 9.29.